The highest BCUT2D eigenvalue weighted by atomic mass is 35.5. The van der Waals surface area contributed by atoms with Gasteiger partial charge in [-0.15, -0.1) is 0 Å². The predicted molar refractivity (Wildman–Crippen MR) is 59.7 cm³/mol. The fourth-order valence-corrected chi connectivity index (χ4v) is 1.66. The number of carbonyl (C=O) groups excluding carboxylic acids is 1. The molecule has 16 heavy (non-hydrogen) atoms. The Hall–Kier alpha value is -1.26. The quantitative estimate of drug-likeness (QED) is 0.825. The minimum absolute atomic E-state index is 0.274. The number of ether oxygens (including phenoxy) is 2. The smallest absolute Gasteiger partial charge is 0.339 e. The van der Waals surface area contributed by atoms with E-state index in [2.05, 4.69) is 4.74 Å². The first kappa shape index (κ1) is 12.8. The molecule has 1 aromatic rings. The zero-order chi connectivity index (χ0) is 12.3. The first-order valence-corrected chi connectivity index (χ1v) is 4.99. The van der Waals surface area contributed by atoms with E-state index in [1.165, 1.54) is 20.3 Å². The largest absolute Gasteiger partial charge is 0.496 e. The van der Waals surface area contributed by atoms with Crippen molar-refractivity contribution in [1.29, 1.82) is 0 Å². The van der Waals surface area contributed by atoms with E-state index in [1.54, 1.807) is 6.07 Å². The van der Waals surface area contributed by atoms with Crippen molar-refractivity contribution in [1.82, 2.24) is 0 Å². The summed E-state index contributed by atoms with van der Waals surface area (Å²) < 4.78 is 9.52. The Labute approximate surface area is 98.7 Å². The van der Waals surface area contributed by atoms with E-state index in [0.29, 0.717) is 10.8 Å². The van der Waals surface area contributed by atoms with Crippen LogP contribution in [-0.4, -0.2) is 25.3 Å². The van der Waals surface area contributed by atoms with Crippen molar-refractivity contribution in [2.75, 3.05) is 14.2 Å². The van der Waals surface area contributed by atoms with Crippen LogP contribution in [-0.2, 0) is 9.53 Å². The lowest BCUT2D eigenvalue weighted by Gasteiger charge is -2.13. The van der Waals surface area contributed by atoms with E-state index in [1.807, 2.05) is 6.92 Å². The highest BCUT2D eigenvalue weighted by Crippen LogP contribution is 2.30. The molecule has 0 radical (unpaired) electrons. The number of aliphatic hydroxyl groups excluding tert-OH is 1. The van der Waals surface area contributed by atoms with Crippen LogP contribution in [0.4, 0.5) is 0 Å². The van der Waals surface area contributed by atoms with Crippen LogP contribution in [0.15, 0.2) is 12.1 Å². The Morgan fingerprint density at radius 3 is 2.56 bits per heavy atom. The minimum Gasteiger partial charge on any atom is -0.496 e. The van der Waals surface area contributed by atoms with E-state index < -0.39 is 12.1 Å². The van der Waals surface area contributed by atoms with Gasteiger partial charge in [-0.2, -0.15) is 0 Å². The van der Waals surface area contributed by atoms with Crippen molar-refractivity contribution < 1.29 is 19.4 Å². The van der Waals surface area contributed by atoms with Crippen molar-refractivity contribution in [2.24, 2.45) is 0 Å². The van der Waals surface area contributed by atoms with Gasteiger partial charge >= 0.3 is 5.97 Å². The molecule has 0 spiro atoms. The van der Waals surface area contributed by atoms with Crippen molar-refractivity contribution in [2.45, 2.75) is 13.0 Å². The van der Waals surface area contributed by atoms with Gasteiger partial charge in [0.1, 0.15) is 5.75 Å². The zero-order valence-electron chi connectivity index (χ0n) is 9.28. The maximum Gasteiger partial charge on any atom is 0.339 e. The van der Waals surface area contributed by atoms with Gasteiger partial charge in [0.2, 0.25) is 0 Å². The number of esters is 1. The van der Waals surface area contributed by atoms with Gasteiger partial charge in [-0.3, -0.25) is 0 Å². The summed E-state index contributed by atoms with van der Waals surface area (Å²) in [7, 11) is 2.70. The number of aliphatic hydroxyl groups is 1. The number of rotatable bonds is 3. The normalized spacial score (nSPS) is 12.1. The predicted octanol–water partition coefficient (Wildman–Crippen LogP) is 1.86. The van der Waals surface area contributed by atoms with Crippen molar-refractivity contribution in [3.05, 3.63) is 28.3 Å². The average molecular weight is 245 g/mol. The number of benzene rings is 1. The molecule has 0 aromatic heterocycles. The van der Waals surface area contributed by atoms with Crippen molar-refractivity contribution in [3.8, 4) is 5.75 Å². The molecule has 0 heterocycles. The van der Waals surface area contributed by atoms with Gasteiger partial charge in [-0.05, 0) is 24.6 Å². The van der Waals surface area contributed by atoms with E-state index in [-0.39, 0.29) is 5.56 Å². The summed E-state index contributed by atoms with van der Waals surface area (Å²) in [5, 5.41) is 9.97. The average Bonchev–Trinajstić information content (AvgIpc) is 2.27. The third kappa shape index (κ3) is 2.46. The van der Waals surface area contributed by atoms with Gasteiger partial charge in [-0.1, -0.05) is 11.6 Å². The molecule has 0 saturated heterocycles. The third-order valence-corrected chi connectivity index (χ3v) is 2.56. The molecule has 0 saturated carbocycles. The van der Waals surface area contributed by atoms with E-state index in [0.717, 1.165) is 5.56 Å². The second kappa shape index (κ2) is 5.18. The molecule has 1 rings (SSSR count). The van der Waals surface area contributed by atoms with Gasteiger partial charge in [-0.25, -0.2) is 4.79 Å². The SMILES string of the molecule is COC(=O)C(O)c1cc(OC)c(C)cc1Cl. The fourth-order valence-electron chi connectivity index (χ4n) is 1.34. The summed E-state index contributed by atoms with van der Waals surface area (Å²) in [5.41, 5.74) is 1.10. The van der Waals surface area contributed by atoms with Crippen LogP contribution in [0, 0.1) is 6.92 Å². The number of methoxy groups -OCH3 is 2. The topological polar surface area (TPSA) is 55.8 Å². The summed E-state index contributed by atoms with van der Waals surface area (Å²) in [6, 6.07) is 3.15. The molecule has 0 aliphatic rings. The van der Waals surface area contributed by atoms with E-state index >= 15 is 0 Å². The van der Waals surface area contributed by atoms with Gasteiger partial charge < -0.3 is 14.6 Å². The lowest BCUT2D eigenvalue weighted by Crippen LogP contribution is -2.14. The maximum absolute atomic E-state index is 11.2. The Bertz CT molecular complexity index is 403. The minimum atomic E-state index is -1.40. The first-order chi connectivity index (χ1) is 7.51. The number of halogens is 1. The monoisotopic (exact) mass is 244 g/mol. The Morgan fingerprint density at radius 1 is 1.44 bits per heavy atom. The van der Waals surface area contributed by atoms with E-state index in [9.17, 15) is 9.90 Å². The van der Waals surface area contributed by atoms with Crippen molar-refractivity contribution in [3.63, 3.8) is 0 Å². The fraction of sp³-hybridized carbons (Fsp3) is 0.364. The molecule has 0 amide bonds. The van der Waals surface area contributed by atoms with Crippen LogP contribution in [0.3, 0.4) is 0 Å². The first-order valence-electron chi connectivity index (χ1n) is 4.61. The van der Waals surface area contributed by atoms with E-state index in [4.69, 9.17) is 16.3 Å². The molecule has 0 bridgehead atoms. The second-order valence-electron chi connectivity index (χ2n) is 3.27. The maximum atomic E-state index is 11.2. The molecular weight excluding hydrogens is 232 g/mol. The summed E-state index contributed by atoms with van der Waals surface area (Å²) in [6.45, 7) is 1.82. The summed E-state index contributed by atoms with van der Waals surface area (Å²) in [4.78, 5) is 11.2. The zero-order valence-corrected chi connectivity index (χ0v) is 10.0. The van der Waals surface area contributed by atoms with Crippen molar-refractivity contribution >= 4 is 17.6 Å². The van der Waals surface area contributed by atoms with Crippen LogP contribution in [0.1, 0.15) is 17.2 Å². The third-order valence-electron chi connectivity index (χ3n) is 2.23. The Balaban J connectivity index is 3.18. The molecule has 1 N–H and O–H groups in total. The number of hydrogen-bond acceptors (Lipinski definition) is 4. The van der Waals surface area contributed by atoms with Gasteiger partial charge in [0.25, 0.3) is 0 Å². The highest BCUT2D eigenvalue weighted by Gasteiger charge is 2.22. The Morgan fingerprint density at radius 2 is 2.06 bits per heavy atom. The van der Waals surface area contributed by atoms with Gasteiger partial charge in [0.05, 0.1) is 14.2 Å². The number of carbonyl (C=O) groups is 1. The molecule has 1 aromatic carbocycles. The van der Waals surface area contributed by atoms with Crippen LogP contribution in [0.25, 0.3) is 0 Å². The van der Waals surface area contributed by atoms with Crippen LogP contribution >= 0.6 is 11.6 Å². The highest BCUT2D eigenvalue weighted by molar-refractivity contribution is 6.31. The molecule has 1 unspecified atom stereocenters. The summed E-state index contributed by atoms with van der Waals surface area (Å²) in [6.07, 6.45) is -1.40. The molecule has 4 nitrogen and oxygen atoms in total. The molecule has 88 valence electrons. The van der Waals surface area contributed by atoms with Gasteiger partial charge in [0.15, 0.2) is 6.10 Å². The summed E-state index contributed by atoms with van der Waals surface area (Å²) >= 11 is 5.93. The molecule has 1 atom stereocenters. The lowest BCUT2D eigenvalue weighted by atomic mass is 10.1. The standard InChI is InChI=1S/C11H13ClO4/c1-6-4-8(12)7(5-9(6)15-2)10(13)11(14)16-3/h4-5,10,13H,1-3H3. The second-order valence-corrected chi connectivity index (χ2v) is 3.68. The van der Waals surface area contributed by atoms with Crippen LogP contribution in [0.5, 0.6) is 5.75 Å². The van der Waals surface area contributed by atoms with Crippen LogP contribution < -0.4 is 4.74 Å². The lowest BCUT2D eigenvalue weighted by molar-refractivity contribution is -0.150. The van der Waals surface area contributed by atoms with Crippen LogP contribution in [0.2, 0.25) is 5.02 Å². The molecule has 0 aliphatic carbocycles. The molecular formula is C11H13ClO4. The van der Waals surface area contributed by atoms with Gasteiger partial charge in [0, 0.05) is 10.6 Å². The molecule has 0 aliphatic heterocycles. The Kier molecular flexibility index (Phi) is 4.15. The summed E-state index contributed by atoms with van der Waals surface area (Å²) in [5.74, 6) is -0.199. The number of hydrogen-bond donors (Lipinski definition) is 1. The molecule has 5 heteroatoms. The number of aryl methyl sites for hydroxylation is 1. The molecule has 0 fully saturated rings.